The maximum atomic E-state index is 11.9. The molecule has 0 aliphatic rings. The highest BCUT2D eigenvalue weighted by atomic mass is 35.5. The molecule has 2 rings (SSSR count). The van der Waals surface area contributed by atoms with Crippen LogP contribution in [0.25, 0.3) is 0 Å². The van der Waals surface area contributed by atoms with Crippen molar-refractivity contribution in [2.75, 3.05) is 5.32 Å². The van der Waals surface area contributed by atoms with E-state index in [4.69, 9.17) is 11.6 Å². The predicted molar refractivity (Wildman–Crippen MR) is 68.1 cm³/mol. The number of aromatic nitrogens is 2. The van der Waals surface area contributed by atoms with Gasteiger partial charge in [-0.3, -0.25) is 20.2 Å². The van der Waals surface area contributed by atoms with Crippen LogP contribution in [-0.2, 0) is 0 Å². The van der Waals surface area contributed by atoms with Crippen LogP contribution in [0.1, 0.15) is 10.4 Å². The maximum absolute atomic E-state index is 11.9. The van der Waals surface area contributed by atoms with Crippen molar-refractivity contribution in [3.8, 4) is 0 Å². The minimum Gasteiger partial charge on any atom is -0.290 e. The van der Waals surface area contributed by atoms with Crippen molar-refractivity contribution in [2.45, 2.75) is 0 Å². The summed E-state index contributed by atoms with van der Waals surface area (Å²) in [6.07, 6.45) is 2.91. The minimum atomic E-state index is -0.655. The zero-order valence-corrected chi connectivity index (χ0v) is 10.2. The van der Waals surface area contributed by atoms with E-state index in [-0.39, 0.29) is 22.2 Å². The molecule has 1 heterocycles. The van der Waals surface area contributed by atoms with Crippen LogP contribution in [0.4, 0.5) is 11.6 Å². The first-order valence-electron chi connectivity index (χ1n) is 5.11. The summed E-state index contributed by atoms with van der Waals surface area (Å²) in [6.45, 7) is 0. The summed E-state index contributed by atoms with van der Waals surface area (Å²) < 4.78 is 0. The summed E-state index contributed by atoms with van der Waals surface area (Å²) >= 11 is 5.82. The number of anilines is 1. The number of benzene rings is 1. The fourth-order valence-corrected chi connectivity index (χ4v) is 1.65. The second kappa shape index (κ2) is 5.40. The van der Waals surface area contributed by atoms with E-state index in [1.54, 1.807) is 6.07 Å². The van der Waals surface area contributed by atoms with Gasteiger partial charge in [-0.05, 0) is 12.1 Å². The highest BCUT2D eigenvalue weighted by Gasteiger charge is 2.20. The van der Waals surface area contributed by atoms with E-state index in [1.165, 1.54) is 30.6 Å². The molecule has 0 fully saturated rings. The molecule has 2 aromatic rings. The van der Waals surface area contributed by atoms with E-state index in [9.17, 15) is 14.9 Å². The number of amides is 1. The standard InChI is InChI=1S/C11H7ClN4O3/c12-9-7(3-1-4-8(9)16(18)19)10(17)15-11-13-5-2-6-14-11/h1-6H,(H,13,14,15,17). The quantitative estimate of drug-likeness (QED) is 0.686. The Hall–Kier alpha value is -2.54. The number of nitrogens with one attached hydrogen (secondary N) is 1. The minimum absolute atomic E-state index is 0.0108. The number of rotatable bonds is 3. The van der Waals surface area contributed by atoms with E-state index in [0.29, 0.717) is 0 Å². The molecule has 96 valence electrons. The van der Waals surface area contributed by atoms with E-state index in [2.05, 4.69) is 15.3 Å². The highest BCUT2D eigenvalue weighted by Crippen LogP contribution is 2.27. The van der Waals surface area contributed by atoms with E-state index in [1.807, 2.05) is 0 Å². The summed E-state index contributed by atoms with van der Waals surface area (Å²) in [7, 11) is 0. The fourth-order valence-electron chi connectivity index (χ4n) is 1.37. The molecule has 0 unspecified atom stereocenters. The summed E-state index contributed by atoms with van der Waals surface area (Å²) in [6, 6.07) is 5.58. The Kier molecular flexibility index (Phi) is 3.67. The molecule has 8 heteroatoms. The van der Waals surface area contributed by atoms with E-state index >= 15 is 0 Å². The third-order valence-corrected chi connectivity index (χ3v) is 2.61. The van der Waals surface area contributed by atoms with Crippen LogP contribution in [0.15, 0.2) is 36.7 Å². The molecule has 0 radical (unpaired) electrons. The number of halogens is 1. The first kappa shape index (κ1) is 12.9. The van der Waals surface area contributed by atoms with Crippen molar-refractivity contribution >= 4 is 29.1 Å². The van der Waals surface area contributed by atoms with Gasteiger partial charge >= 0.3 is 0 Å². The van der Waals surface area contributed by atoms with Crippen LogP contribution in [0.5, 0.6) is 0 Å². The van der Waals surface area contributed by atoms with Gasteiger partial charge in [0.1, 0.15) is 5.02 Å². The third-order valence-electron chi connectivity index (χ3n) is 2.21. The van der Waals surface area contributed by atoms with Gasteiger partial charge in [-0.1, -0.05) is 17.7 Å². The average molecular weight is 279 g/mol. The molecule has 0 spiro atoms. The lowest BCUT2D eigenvalue weighted by atomic mass is 10.2. The number of nitrogens with zero attached hydrogens (tertiary/aromatic N) is 3. The van der Waals surface area contributed by atoms with E-state index in [0.717, 1.165) is 0 Å². The van der Waals surface area contributed by atoms with Crippen molar-refractivity contribution < 1.29 is 9.72 Å². The highest BCUT2D eigenvalue weighted by molar-refractivity contribution is 6.36. The Labute approximate surface area is 112 Å². The Balaban J connectivity index is 2.30. The number of carbonyl (C=O) groups is 1. The predicted octanol–water partition coefficient (Wildman–Crippen LogP) is 2.29. The second-order valence-electron chi connectivity index (χ2n) is 3.42. The van der Waals surface area contributed by atoms with Crippen molar-refractivity contribution in [3.05, 3.63) is 57.4 Å². The summed E-state index contributed by atoms with van der Waals surface area (Å²) in [5.74, 6) is -0.519. The van der Waals surface area contributed by atoms with Gasteiger partial charge in [-0.25, -0.2) is 9.97 Å². The number of hydrogen-bond donors (Lipinski definition) is 1. The number of carbonyl (C=O) groups excluding carboxylic acids is 1. The topological polar surface area (TPSA) is 98.0 Å². The van der Waals surface area contributed by atoms with Crippen molar-refractivity contribution in [3.63, 3.8) is 0 Å². The van der Waals surface area contributed by atoms with Crippen LogP contribution in [-0.4, -0.2) is 20.8 Å². The summed E-state index contributed by atoms with van der Waals surface area (Å²) in [4.78, 5) is 29.6. The van der Waals surface area contributed by atoms with Crippen molar-refractivity contribution in [1.29, 1.82) is 0 Å². The van der Waals surface area contributed by atoms with E-state index < -0.39 is 10.8 Å². The first-order valence-corrected chi connectivity index (χ1v) is 5.48. The fraction of sp³-hybridized carbons (Fsp3) is 0. The third kappa shape index (κ3) is 2.83. The average Bonchev–Trinajstić information content (AvgIpc) is 2.39. The molecule has 0 bridgehead atoms. The molecule has 1 aromatic heterocycles. The molecule has 0 saturated heterocycles. The molecule has 0 saturated carbocycles. The van der Waals surface area contributed by atoms with Crippen LogP contribution < -0.4 is 5.32 Å². The lowest BCUT2D eigenvalue weighted by Crippen LogP contribution is -2.14. The molecule has 1 amide bonds. The smallest absolute Gasteiger partial charge is 0.288 e. The van der Waals surface area contributed by atoms with Gasteiger partial charge in [0, 0.05) is 18.5 Å². The van der Waals surface area contributed by atoms with Gasteiger partial charge < -0.3 is 0 Å². The molecule has 7 nitrogen and oxygen atoms in total. The van der Waals surface area contributed by atoms with Crippen LogP contribution in [0.2, 0.25) is 5.02 Å². The maximum Gasteiger partial charge on any atom is 0.288 e. The lowest BCUT2D eigenvalue weighted by Gasteiger charge is -2.05. The second-order valence-corrected chi connectivity index (χ2v) is 3.80. The largest absolute Gasteiger partial charge is 0.290 e. The Bertz CT molecular complexity index is 633. The van der Waals surface area contributed by atoms with Gasteiger partial charge in [0.2, 0.25) is 5.95 Å². The summed E-state index contributed by atoms with van der Waals surface area (Å²) in [5.41, 5.74) is -0.341. The first-order chi connectivity index (χ1) is 9.09. The van der Waals surface area contributed by atoms with Gasteiger partial charge in [-0.15, -0.1) is 0 Å². The lowest BCUT2D eigenvalue weighted by molar-refractivity contribution is -0.384. The zero-order chi connectivity index (χ0) is 13.8. The Morgan fingerprint density at radius 3 is 2.58 bits per heavy atom. The van der Waals surface area contributed by atoms with Gasteiger partial charge in [-0.2, -0.15) is 0 Å². The van der Waals surface area contributed by atoms with Crippen LogP contribution >= 0.6 is 11.6 Å². The number of hydrogen-bond acceptors (Lipinski definition) is 5. The Morgan fingerprint density at radius 1 is 1.26 bits per heavy atom. The SMILES string of the molecule is O=C(Nc1ncccn1)c1cccc([N+](=O)[O-])c1Cl. The van der Waals surface area contributed by atoms with Gasteiger partial charge in [0.15, 0.2) is 0 Å². The molecule has 0 atom stereocenters. The number of nitro benzene ring substituents is 1. The molecule has 0 aliphatic heterocycles. The number of nitro groups is 1. The van der Waals surface area contributed by atoms with Crippen molar-refractivity contribution in [2.24, 2.45) is 0 Å². The van der Waals surface area contributed by atoms with Crippen molar-refractivity contribution in [1.82, 2.24) is 9.97 Å². The normalized spacial score (nSPS) is 9.95. The Morgan fingerprint density at radius 2 is 1.95 bits per heavy atom. The zero-order valence-electron chi connectivity index (χ0n) is 9.41. The molecule has 1 aromatic carbocycles. The molecule has 0 aliphatic carbocycles. The molecule has 19 heavy (non-hydrogen) atoms. The molecule has 1 N–H and O–H groups in total. The van der Waals surface area contributed by atoms with Crippen LogP contribution in [0.3, 0.4) is 0 Å². The summed E-state index contributed by atoms with van der Waals surface area (Å²) in [5, 5.41) is 12.9. The molecular weight excluding hydrogens is 272 g/mol. The molecular formula is C11H7ClN4O3. The monoisotopic (exact) mass is 278 g/mol. The van der Waals surface area contributed by atoms with Gasteiger partial charge in [0.05, 0.1) is 10.5 Å². The van der Waals surface area contributed by atoms with Crippen LogP contribution in [0, 0.1) is 10.1 Å². The van der Waals surface area contributed by atoms with Gasteiger partial charge in [0.25, 0.3) is 11.6 Å².